The molecule has 2 heterocycles. The van der Waals surface area contributed by atoms with Gasteiger partial charge < -0.3 is 10.4 Å². The van der Waals surface area contributed by atoms with Crippen LogP contribution < -0.4 is 5.32 Å². The minimum atomic E-state index is -0.658. The zero-order chi connectivity index (χ0) is 12.6. The molecule has 0 radical (unpaired) electrons. The molecule has 0 spiro atoms. The van der Waals surface area contributed by atoms with E-state index >= 15 is 0 Å². The highest BCUT2D eigenvalue weighted by Gasteiger charge is 2.40. The predicted molar refractivity (Wildman–Crippen MR) is 68.9 cm³/mol. The first kappa shape index (κ1) is 12.1. The van der Waals surface area contributed by atoms with E-state index in [4.69, 9.17) is 0 Å². The Labute approximate surface area is 107 Å². The van der Waals surface area contributed by atoms with Gasteiger partial charge in [-0.2, -0.15) is 0 Å². The van der Waals surface area contributed by atoms with Crippen LogP contribution >= 0.6 is 0 Å². The average Bonchev–Trinajstić information content (AvgIpc) is 2.27. The monoisotopic (exact) mass is 249 g/mol. The molecule has 3 rings (SSSR count). The zero-order valence-electron chi connectivity index (χ0n) is 10.5. The van der Waals surface area contributed by atoms with Crippen molar-refractivity contribution in [1.29, 1.82) is 0 Å². The van der Waals surface area contributed by atoms with Gasteiger partial charge in [0.2, 0.25) is 0 Å². The third kappa shape index (κ3) is 2.57. The minimum Gasteiger partial charge on any atom is -0.389 e. The van der Waals surface area contributed by atoms with Crippen LogP contribution in [0.3, 0.4) is 0 Å². The summed E-state index contributed by atoms with van der Waals surface area (Å²) in [6.45, 7) is 0. The van der Waals surface area contributed by atoms with Gasteiger partial charge >= 0.3 is 0 Å². The van der Waals surface area contributed by atoms with E-state index in [1.54, 1.807) is 6.07 Å². The third-order valence-corrected chi connectivity index (χ3v) is 4.25. The van der Waals surface area contributed by atoms with Crippen molar-refractivity contribution in [2.24, 2.45) is 0 Å². The Balaban J connectivity index is 1.74. The number of piperidine rings is 2. The SMILES string of the molecule is OC1(Cc2cccc(F)c2)CC2CCCC(C1)N2. The maximum atomic E-state index is 13.2. The quantitative estimate of drug-likeness (QED) is 0.843. The van der Waals surface area contributed by atoms with E-state index < -0.39 is 5.60 Å². The van der Waals surface area contributed by atoms with Crippen molar-refractivity contribution in [3.63, 3.8) is 0 Å². The van der Waals surface area contributed by atoms with E-state index in [2.05, 4.69) is 5.32 Å². The standard InChI is InChI=1S/C15H20FNO/c16-12-4-1-3-11(7-12)8-15(18)9-13-5-2-6-14(10-15)17-13/h1,3-4,7,13-14,17-18H,2,5-6,8-10H2. The molecule has 0 saturated carbocycles. The van der Waals surface area contributed by atoms with Crippen LogP contribution in [0.2, 0.25) is 0 Å². The molecule has 2 aliphatic heterocycles. The van der Waals surface area contributed by atoms with Crippen molar-refractivity contribution >= 4 is 0 Å². The third-order valence-electron chi connectivity index (χ3n) is 4.25. The predicted octanol–water partition coefficient (Wildman–Crippen LogP) is 2.40. The smallest absolute Gasteiger partial charge is 0.123 e. The molecule has 2 nitrogen and oxygen atoms in total. The number of benzene rings is 1. The first-order valence-electron chi connectivity index (χ1n) is 6.86. The molecule has 2 bridgehead atoms. The first-order chi connectivity index (χ1) is 8.63. The molecule has 2 unspecified atom stereocenters. The van der Waals surface area contributed by atoms with Crippen molar-refractivity contribution in [3.05, 3.63) is 35.6 Å². The summed E-state index contributed by atoms with van der Waals surface area (Å²) < 4.78 is 13.2. The van der Waals surface area contributed by atoms with Crippen molar-refractivity contribution < 1.29 is 9.50 Å². The summed E-state index contributed by atoms with van der Waals surface area (Å²) in [6.07, 6.45) is 5.72. The molecule has 0 amide bonds. The normalized spacial score (nSPS) is 35.4. The lowest BCUT2D eigenvalue weighted by Crippen LogP contribution is -2.56. The summed E-state index contributed by atoms with van der Waals surface area (Å²) in [6, 6.07) is 7.49. The largest absolute Gasteiger partial charge is 0.389 e. The number of nitrogens with one attached hydrogen (secondary N) is 1. The Kier molecular flexibility index (Phi) is 3.12. The van der Waals surface area contributed by atoms with E-state index in [-0.39, 0.29) is 5.82 Å². The van der Waals surface area contributed by atoms with Gasteiger partial charge in [0.05, 0.1) is 5.60 Å². The summed E-state index contributed by atoms with van der Waals surface area (Å²) in [5.41, 5.74) is 0.242. The number of hydrogen-bond donors (Lipinski definition) is 2. The van der Waals surface area contributed by atoms with Crippen LogP contribution in [0.4, 0.5) is 4.39 Å². The molecule has 2 N–H and O–H groups in total. The number of aliphatic hydroxyl groups is 1. The number of hydrogen-bond acceptors (Lipinski definition) is 2. The molecule has 2 aliphatic rings. The number of rotatable bonds is 2. The Morgan fingerprint density at radius 2 is 2.00 bits per heavy atom. The van der Waals surface area contributed by atoms with Crippen molar-refractivity contribution in [2.75, 3.05) is 0 Å². The lowest BCUT2D eigenvalue weighted by molar-refractivity contribution is -0.0303. The van der Waals surface area contributed by atoms with Gasteiger partial charge in [-0.25, -0.2) is 4.39 Å². The molecule has 0 aliphatic carbocycles. The van der Waals surface area contributed by atoms with Gasteiger partial charge in [-0.05, 0) is 43.4 Å². The second-order valence-corrected chi connectivity index (χ2v) is 5.93. The Morgan fingerprint density at radius 1 is 1.28 bits per heavy atom. The van der Waals surface area contributed by atoms with E-state index in [0.717, 1.165) is 31.2 Å². The number of halogens is 1. The molecule has 0 aromatic heterocycles. The van der Waals surface area contributed by atoms with E-state index in [1.807, 2.05) is 6.07 Å². The summed E-state index contributed by atoms with van der Waals surface area (Å²) in [5, 5.41) is 14.3. The molecular formula is C15H20FNO. The van der Waals surface area contributed by atoms with Gasteiger partial charge in [0, 0.05) is 18.5 Å². The summed E-state index contributed by atoms with van der Waals surface area (Å²) in [7, 11) is 0. The minimum absolute atomic E-state index is 0.217. The fourth-order valence-corrected chi connectivity index (χ4v) is 3.60. The van der Waals surface area contributed by atoms with Gasteiger partial charge in [-0.1, -0.05) is 18.6 Å². The van der Waals surface area contributed by atoms with Crippen molar-refractivity contribution in [2.45, 2.75) is 56.2 Å². The Bertz CT molecular complexity index is 422. The Hall–Kier alpha value is -0.930. The summed E-state index contributed by atoms with van der Waals surface area (Å²) in [4.78, 5) is 0. The maximum Gasteiger partial charge on any atom is 0.123 e. The highest BCUT2D eigenvalue weighted by atomic mass is 19.1. The lowest BCUT2D eigenvalue weighted by Gasteiger charge is -2.45. The van der Waals surface area contributed by atoms with Gasteiger partial charge in [-0.15, -0.1) is 0 Å². The van der Waals surface area contributed by atoms with E-state index in [0.29, 0.717) is 18.5 Å². The second-order valence-electron chi connectivity index (χ2n) is 5.93. The molecule has 1 aromatic rings. The summed E-state index contributed by atoms with van der Waals surface area (Å²) >= 11 is 0. The van der Waals surface area contributed by atoms with Crippen LogP contribution in [0.15, 0.2) is 24.3 Å². The number of fused-ring (bicyclic) bond motifs is 2. The molecule has 18 heavy (non-hydrogen) atoms. The van der Waals surface area contributed by atoms with Crippen LogP contribution in [-0.2, 0) is 6.42 Å². The Morgan fingerprint density at radius 3 is 2.67 bits per heavy atom. The maximum absolute atomic E-state index is 13.2. The molecule has 2 atom stereocenters. The first-order valence-corrected chi connectivity index (χ1v) is 6.86. The van der Waals surface area contributed by atoms with Gasteiger partial charge in [0.25, 0.3) is 0 Å². The van der Waals surface area contributed by atoms with Crippen molar-refractivity contribution in [3.8, 4) is 0 Å². The zero-order valence-corrected chi connectivity index (χ0v) is 10.5. The molecule has 2 fully saturated rings. The van der Waals surface area contributed by atoms with Gasteiger partial charge in [-0.3, -0.25) is 0 Å². The van der Waals surface area contributed by atoms with Crippen molar-refractivity contribution in [1.82, 2.24) is 5.32 Å². The highest BCUT2D eigenvalue weighted by Crippen LogP contribution is 2.34. The van der Waals surface area contributed by atoms with E-state index in [9.17, 15) is 9.50 Å². The summed E-state index contributed by atoms with van der Waals surface area (Å²) in [5.74, 6) is -0.217. The lowest BCUT2D eigenvalue weighted by atomic mass is 9.74. The second kappa shape index (κ2) is 4.63. The molecule has 3 heteroatoms. The van der Waals surface area contributed by atoms with Crippen LogP contribution in [0.1, 0.15) is 37.7 Å². The molecule has 98 valence electrons. The van der Waals surface area contributed by atoms with Crippen LogP contribution in [-0.4, -0.2) is 22.8 Å². The van der Waals surface area contributed by atoms with Crippen LogP contribution in [0, 0.1) is 5.82 Å². The van der Waals surface area contributed by atoms with Crippen LogP contribution in [0.25, 0.3) is 0 Å². The average molecular weight is 249 g/mol. The molecular weight excluding hydrogens is 229 g/mol. The van der Waals surface area contributed by atoms with Crippen LogP contribution in [0.5, 0.6) is 0 Å². The van der Waals surface area contributed by atoms with Gasteiger partial charge in [0.1, 0.15) is 5.82 Å². The topological polar surface area (TPSA) is 32.3 Å². The van der Waals surface area contributed by atoms with E-state index in [1.165, 1.54) is 18.6 Å². The fraction of sp³-hybridized carbons (Fsp3) is 0.600. The molecule has 1 aromatic carbocycles. The highest BCUT2D eigenvalue weighted by molar-refractivity contribution is 5.19. The molecule has 2 saturated heterocycles. The van der Waals surface area contributed by atoms with Gasteiger partial charge in [0.15, 0.2) is 0 Å². The fourth-order valence-electron chi connectivity index (χ4n) is 3.60.